The molecule has 1 N–H and O–H groups in total. The normalized spacial score (nSPS) is 14.6. The van der Waals surface area contributed by atoms with Crippen LogP contribution in [0.4, 0.5) is 5.82 Å². The Morgan fingerprint density at radius 1 is 1.71 bits per heavy atom. The van der Waals surface area contributed by atoms with Gasteiger partial charge in [0, 0.05) is 7.05 Å². The summed E-state index contributed by atoms with van der Waals surface area (Å²) in [5.74, 6) is 0.0663. The zero-order chi connectivity index (χ0) is 12.4. The summed E-state index contributed by atoms with van der Waals surface area (Å²) in [6.07, 6.45) is 3.33. The number of nitro groups is 1. The van der Waals surface area contributed by atoms with Crippen LogP contribution in [0.25, 0.3) is 0 Å². The molecule has 1 amide bonds. The summed E-state index contributed by atoms with van der Waals surface area (Å²) in [4.78, 5) is 21.6. The second kappa shape index (κ2) is 4.52. The van der Waals surface area contributed by atoms with Gasteiger partial charge in [-0.2, -0.15) is 4.68 Å². The van der Waals surface area contributed by atoms with Gasteiger partial charge in [-0.15, -0.1) is 0 Å². The minimum atomic E-state index is -0.583. The number of nitrogens with one attached hydrogen (secondary N) is 1. The van der Waals surface area contributed by atoms with Crippen molar-refractivity contribution in [2.75, 3.05) is 7.05 Å². The minimum absolute atomic E-state index is 0.250. The third-order valence-corrected chi connectivity index (χ3v) is 2.86. The second-order valence-corrected chi connectivity index (χ2v) is 4.18. The highest BCUT2D eigenvalue weighted by Crippen LogP contribution is 2.32. The summed E-state index contributed by atoms with van der Waals surface area (Å²) < 4.78 is 1.43. The molecule has 7 nitrogen and oxygen atoms in total. The Kier molecular flexibility index (Phi) is 3.08. The molecule has 0 aromatic carbocycles. The highest BCUT2D eigenvalue weighted by atomic mass is 16.6. The highest BCUT2D eigenvalue weighted by Gasteiger charge is 2.26. The van der Waals surface area contributed by atoms with E-state index in [1.54, 1.807) is 0 Å². The van der Waals surface area contributed by atoms with Crippen LogP contribution in [0, 0.1) is 16.0 Å². The monoisotopic (exact) mass is 238 g/mol. The summed E-state index contributed by atoms with van der Waals surface area (Å²) in [6.45, 7) is 0.557. The molecule has 1 heterocycles. The molecule has 0 aliphatic heterocycles. The van der Waals surface area contributed by atoms with Gasteiger partial charge in [0.05, 0.1) is 17.7 Å². The van der Waals surface area contributed by atoms with Crippen molar-refractivity contribution in [3.8, 4) is 0 Å². The fourth-order valence-electron chi connectivity index (χ4n) is 1.69. The number of hydrogen-bond donors (Lipinski definition) is 1. The quantitative estimate of drug-likeness (QED) is 0.610. The topological polar surface area (TPSA) is 90.1 Å². The summed E-state index contributed by atoms with van der Waals surface area (Å²) in [5.41, 5.74) is 0.250. The van der Waals surface area contributed by atoms with E-state index in [0.717, 1.165) is 6.42 Å². The van der Waals surface area contributed by atoms with Crippen molar-refractivity contribution in [1.29, 1.82) is 0 Å². The van der Waals surface area contributed by atoms with E-state index in [1.807, 2.05) is 0 Å². The van der Waals surface area contributed by atoms with E-state index in [2.05, 4.69) is 10.4 Å². The lowest BCUT2D eigenvalue weighted by atomic mass is 10.3. The third kappa shape index (κ3) is 2.61. The molecule has 2 rings (SSSR count). The molecule has 92 valence electrons. The van der Waals surface area contributed by atoms with Crippen LogP contribution in [-0.2, 0) is 6.54 Å². The van der Waals surface area contributed by atoms with Crippen LogP contribution in [0.15, 0.2) is 6.07 Å². The van der Waals surface area contributed by atoms with Crippen LogP contribution >= 0.6 is 0 Å². The lowest BCUT2D eigenvalue weighted by molar-refractivity contribution is -0.389. The fourth-order valence-corrected chi connectivity index (χ4v) is 1.69. The first kappa shape index (κ1) is 11.6. The molecule has 0 radical (unpaired) electrons. The number of aromatic nitrogens is 2. The zero-order valence-corrected chi connectivity index (χ0v) is 9.55. The van der Waals surface area contributed by atoms with Crippen LogP contribution in [0.2, 0.25) is 0 Å². The van der Waals surface area contributed by atoms with Crippen LogP contribution in [0.1, 0.15) is 29.8 Å². The van der Waals surface area contributed by atoms with Gasteiger partial charge in [-0.3, -0.25) is 4.79 Å². The number of nitrogens with zero attached hydrogens (tertiary/aromatic N) is 3. The zero-order valence-electron chi connectivity index (χ0n) is 9.55. The van der Waals surface area contributed by atoms with E-state index in [4.69, 9.17) is 0 Å². The molecule has 17 heavy (non-hydrogen) atoms. The molecular formula is C10H14N4O3. The fraction of sp³-hybridized carbons (Fsp3) is 0.600. The van der Waals surface area contributed by atoms with E-state index >= 15 is 0 Å². The number of carbonyl (C=O) groups excluding carboxylic acids is 1. The molecule has 0 bridgehead atoms. The largest absolute Gasteiger partial charge is 0.390 e. The molecule has 1 aromatic rings. The number of amides is 1. The Bertz CT molecular complexity index is 450. The lowest BCUT2D eigenvalue weighted by Crippen LogP contribution is -2.22. The Hall–Kier alpha value is -1.92. The molecule has 0 unspecified atom stereocenters. The molecule has 0 saturated heterocycles. The third-order valence-electron chi connectivity index (χ3n) is 2.86. The molecule has 0 atom stereocenters. The first-order valence-electron chi connectivity index (χ1n) is 5.56. The Morgan fingerprint density at radius 3 is 2.94 bits per heavy atom. The van der Waals surface area contributed by atoms with Crippen molar-refractivity contribution in [1.82, 2.24) is 15.1 Å². The van der Waals surface area contributed by atoms with Gasteiger partial charge in [0.1, 0.15) is 0 Å². The van der Waals surface area contributed by atoms with E-state index in [-0.39, 0.29) is 17.4 Å². The number of rotatable bonds is 5. The summed E-state index contributed by atoms with van der Waals surface area (Å²) in [7, 11) is 1.49. The van der Waals surface area contributed by atoms with E-state index in [0.29, 0.717) is 12.5 Å². The van der Waals surface area contributed by atoms with Crippen molar-refractivity contribution >= 4 is 11.7 Å². The average molecular weight is 238 g/mol. The predicted molar refractivity (Wildman–Crippen MR) is 59.6 cm³/mol. The smallest absolute Gasteiger partial charge is 0.358 e. The molecule has 1 aliphatic carbocycles. The van der Waals surface area contributed by atoms with Gasteiger partial charge in [0.25, 0.3) is 5.91 Å². The van der Waals surface area contributed by atoms with Crippen LogP contribution in [-0.4, -0.2) is 27.7 Å². The molecule has 1 aliphatic rings. The van der Waals surface area contributed by atoms with Crippen LogP contribution in [0.3, 0.4) is 0 Å². The molecule has 1 saturated carbocycles. The maximum Gasteiger partial charge on any atom is 0.390 e. The number of carbonyl (C=O) groups is 1. The van der Waals surface area contributed by atoms with Crippen molar-refractivity contribution in [3.05, 3.63) is 21.9 Å². The van der Waals surface area contributed by atoms with Gasteiger partial charge in [-0.05, 0) is 17.3 Å². The first-order valence-corrected chi connectivity index (χ1v) is 5.56. The summed E-state index contributed by atoms with van der Waals surface area (Å²) in [6, 6.07) is 1.21. The van der Waals surface area contributed by atoms with Crippen molar-refractivity contribution in [2.45, 2.75) is 25.8 Å². The Morgan fingerprint density at radius 2 is 2.41 bits per heavy atom. The Balaban J connectivity index is 2.19. The minimum Gasteiger partial charge on any atom is -0.358 e. The summed E-state index contributed by atoms with van der Waals surface area (Å²) >= 11 is 0. The highest BCUT2D eigenvalue weighted by molar-refractivity contribution is 5.92. The molecule has 0 spiro atoms. The van der Waals surface area contributed by atoms with E-state index in [1.165, 1.54) is 30.6 Å². The van der Waals surface area contributed by atoms with Gasteiger partial charge < -0.3 is 15.4 Å². The van der Waals surface area contributed by atoms with Crippen LogP contribution < -0.4 is 5.32 Å². The van der Waals surface area contributed by atoms with Gasteiger partial charge >= 0.3 is 5.82 Å². The van der Waals surface area contributed by atoms with Crippen LogP contribution in [0.5, 0.6) is 0 Å². The average Bonchev–Trinajstić information content (AvgIpc) is 3.03. The van der Waals surface area contributed by atoms with Gasteiger partial charge in [-0.25, -0.2) is 0 Å². The standard InChI is InChI=1S/C10H14N4O3/c1-11-10(15)8-6-9(14(16)17)12-13(8)5-4-7-2-3-7/h6-7H,2-5H2,1H3,(H,11,15). The first-order chi connectivity index (χ1) is 8.11. The van der Waals surface area contributed by atoms with Crippen molar-refractivity contribution < 1.29 is 9.72 Å². The van der Waals surface area contributed by atoms with E-state index in [9.17, 15) is 14.9 Å². The molecule has 7 heteroatoms. The lowest BCUT2D eigenvalue weighted by Gasteiger charge is -2.00. The molecular weight excluding hydrogens is 224 g/mol. The van der Waals surface area contributed by atoms with Crippen molar-refractivity contribution in [2.24, 2.45) is 5.92 Å². The van der Waals surface area contributed by atoms with E-state index < -0.39 is 4.92 Å². The second-order valence-electron chi connectivity index (χ2n) is 4.18. The van der Waals surface area contributed by atoms with Gasteiger partial charge in [0.2, 0.25) is 0 Å². The molecule has 1 fully saturated rings. The number of aryl methyl sites for hydroxylation is 1. The maximum absolute atomic E-state index is 11.5. The summed E-state index contributed by atoms with van der Waals surface area (Å²) in [5, 5.41) is 16.9. The van der Waals surface area contributed by atoms with Gasteiger partial charge in [0.15, 0.2) is 5.69 Å². The van der Waals surface area contributed by atoms with Gasteiger partial charge in [-0.1, -0.05) is 12.8 Å². The molecule has 1 aromatic heterocycles. The SMILES string of the molecule is CNC(=O)c1cc([N+](=O)[O-])nn1CCC1CC1. The predicted octanol–water partition coefficient (Wildman–Crippen LogP) is 0.951. The number of hydrogen-bond acceptors (Lipinski definition) is 4. The maximum atomic E-state index is 11.5. The van der Waals surface area contributed by atoms with Crippen molar-refractivity contribution in [3.63, 3.8) is 0 Å². The Labute approximate surface area is 98.0 Å².